The minimum absolute atomic E-state index is 0.0908. The number of thiocarbonyl (C=S) groups is 1. The Morgan fingerprint density at radius 1 is 1.33 bits per heavy atom. The summed E-state index contributed by atoms with van der Waals surface area (Å²) in [6.07, 6.45) is 4.57. The van der Waals surface area contributed by atoms with Gasteiger partial charge in [0, 0.05) is 0 Å². The second-order valence-corrected chi connectivity index (χ2v) is 6.54. The number of nitrogens with zero attached hydrogens (tertiary/aromatic N) is 1. The first kappa shape index (κ1) is 17.9. The molecule has 1 unspecified atom stereocenters. The Kier molecular flexibility index (Phi) is 5.88. The number of rotatable bonds is 6. The van der Waals surface area contributed by atoms with Crippen LogP contribution in [0.2, 0.25) is 0 Å². The summed E-state index contributed by atoms with van der Waals surface area (Å²) in [4.78, 5) is 36.0. The normalized spacial score (nSPS) is 17.7. The number of carboxylic acid groups (broad SMARTS) is 1. The topological polar surface area (TPSA) is 101 Å². The first-order valence-electron chi connectivity index (χ1n) is 6.90. The van der Waals surface area contributed by atoms with Crippen LogP contribution in [-0.2, 0) is 14.4 Å². The van der Waals surface area contributed by atoms with Gasteiger partial charge in [-0.1, -0.05) is 66.5 Å². The van der Waals surface area contributed by atoms with Crippen molar-refractivity contribution in [1.29, 1.82) is 0 Å². The predicted molar refractivity (Wildman–Crippen MR) is 95.8 cm³/mol. The number of carbonyl (C=O) groups is 3. The van der Waals surface area contributed by atoms with Crippen LogP contribution in [0.4, 0.5) is 0 Å². The molecule has 24 heavy (non-hydrogen) atoms. The van der Waals surface area contributed by atoms with Crippen LogP contribution < -0.4 is 5.73 Å². The highest BCUT2D eigenvalue weighted by atomic mass is 32.2. The quantitative estimate of drug-likeness (QED) is 0.591. The lowest BCUT2D eigenvalue weighted by molar-refractivity contribution is -0.146. The molecule has 124 valence electrons. The first-order valence-corrected chi connectivity index (χ1v) is 8.12. The number of thioether (sulfide) groups is 1. The van der Waals surface area contributed by atoms with Gasteiger partial charge in [0.05, 0.1) is 11.3 Å². The number of amides is 2. The Labute approximate surface area is 148 Å². The maximum atomic E-state index is 12.4. The number of benzene rings is 1. The summed E-state index contributed by atoms with van der Waals surface area (Å²) in [5.41, 5.74) is 6.01. The minimum Gasteiger partial charge on any atom is -0.480 e. The van der Waals surface area contributed by atoms with E-state index in [9.17, 15) is 19.5 Å². The SMILES string of the molecule is NC(=O)CC(C(=O)O)N1C(=O)/C(=C/C=C/c2ccccc2)SC1=S. The summed E-state index contributed by atoms with van der Waals surface area (Å²) in [5.74, 6) is -2.69. The third-order valence-electron chi connectivity index (χ3n) is 3.15. The molecule has 2 amide bonds. The van der Waals surface area contributed by atoms with Crippen molar-refractivity contribution in [3.8, 4) is 0 Å². The molecule has 0 aliphatic carbocycles. The fourth-order valence-electron chi connectivity index (χ4n) is 2.05. The lowest BCUT2D eigenvalue weighted by atomic mass is 10.1. The molecule has 1 atom stereocenters. The second kappa shape index (κ2) is 7.89. The van der Waals surface area contributed by atoms with Crippen molar-refractivity contribution in [2.24, 2.45) is 5.73 Å². The fourth-order valence-corrected chi connectivity index (χ4v) is 3.36. The zero-order valence-corrected chi connectivity index (χ0v) is 14.0. The van der Waals surface area contributed by atoms with Crippen molar-refractivity contribution in [2.45, 2.75) is 12.5 Å². The Balaban J connectivity index is 2.18. The highest BCUT2D eigenvalue weighted by Crippen LogP contribution is 2.33. The van der Waals surface area contributed by atoms with Crippen molar-refractivity contribution in [2.75, 3.05) is 0 Å². The van der Waals surface area contributed by atoms with Gasteiger partial charge in [-0.15, -0.1) is 0 Å². The van der Waals surface area contributed by atoms with E-state index in [1.807, 2.05) is 36.4 Å². The van der Waals surface area contributed by atoms with E-state index in [1.165, 1.54) is 0 Å². The number of carbonyl (C=O) groups excluding carboxylic acids is 2. The van der Waals surface area contributed by atoms with Crippen molar-refractivity contribution in [1.82, 2.24) is 4.90 Å². The number of carboxylic acids is 1. The molecular formula is C16H14N2O4S2. The Morgan fingerprint density at radius 2 is 2.00 bits per heavy atom. The van der Waals surface area contributed by atoms with Crippen LogP contribution in [0.3, 0.4) is 0 Å². The molecule has 0 saturated carbocycles. The smallest absolute Gasteiger partial charge is 0.327 e. The standard InChI is InChI=1S/C16H14N2O4S2/c17-13(19)9-11(15(21)22)18-14(20)12(24-16(18)23)8-4-7-10-5-2-1-3-6-10/h1-8,11H,9H2,(H2,17,19)(H,21,22)/b7-4+,12-8-. The van der Waals surface area contributed by atoms with Gasteiger partial charge in [0.1, 0.15) is 10.4 Å². The van der Waals surface area contributed by atoms with Gasteiger partial charge in [-0.2, -0.15) is 0 Å². The molecule has 2 rings (SSSR count). The van der Waals surface area contributed by atoms with E-state index in [4.69, 9.17) is 18.0 Å². The van der Waals surface area contributed by atoms with Crippen molar-refractivity contribution >= 4 is 52.2 Å². The molecule has 0 radical (unpaired) electrons. The molecule has 0 aromatic heterocycles. The summed E-state index contributed by atoms with van der Waals surface area (Å²) in [5, 5.41) is 9.23. The number of nitrogens with two attached hydrogens (primary N) is 1. The summed E-state index contributed by atoms with van der Waals surface area (Å²) in [7, 11) is 0. The number of hydrogen-bond donors (Lipinski definition) is 2. The molecule has 3 N–H and O–H groups in total. The Morgan fingerprint density at radius 3 is 2.58 bits per heavy atom. The molecule has 1 saturated heterocycles. The van der Waals surface area contributed by atoms with Crippen LogP contribution in [0.5, 0.6) is 0 Å². The Bertz CT molecular complexity index is 744. The maximum absolute atomic E-state index is 12.4. The Hall–Kier alpha value is -2.45. The minimum atomic E-state index is -1.39. The van der Waals surface area contributed by atoms with Gasteiger partial charge >= 0.3 is 5.97 Å². The molecule has 1 aromatic rings. The van der Waals surface area contributed by atoms with Crippen LogP contribution in [0.15, 0.2) is 47.4 Å². The lowest BCUT2D eigenvalue weighted by Crippen LogP contribution is -2.46. The summed E-state index contributed by atoms with van der Waals surface area (Å²) >= 11 is 6.07. The highest BCUT2D eigenvalue weighted by Gasteiger charge is 2.40. The summed E-state index contributed by atoms with van der Waals surface area (Å²) in [6, 6.07) is 8.10. The number of allylic oxidation sites excluding steroid dienone is 2. The largest absolute Gasteiger partial charge is 0.480 e. The molecule has 0 bridgehead atoms. The van der Waals surface area contributed by atoms with E-state index >= 15 is 0 Å². The summed E-state index contributed by atoms with van der Waals surface area (Å²) in [6.45, 7) is 0. The molecule has 1 aliphatic heterocycles. The number of primary amides is 1. The van der Waals surface area contributed by atoms with Gasteiger partial charge in [0.2, 0.25) is 5.91 Å². The van der Waals surface area contributed by atoms with Crippen LogP contribution >= 0.6 is 24.0 Å². The van der Waals surface area contributed by atoms with Gasteiger partial charge < -0.3 is 10.8 Å². The summed E-state index contributed by atoms with van der Waals surface area (Å²) < 4.78 is 0.0908. The van der Waals surface area contributed by atoms with E-state index in [2.05, 4.69) is 0 Å². The average Bonchev–Trinajstić information content (AvgIpc) is 2.80. The number of hydrogen-bond acceptors (Lipinski definition) is 5. The molecule has 1 fully saturated rings. The van der Waals surface area contributed by atoms with Crippen molar-refractivity contribution in [3.05, 3.63) is 53.0 Å². The third kappa shape index (κ3) is 4.30. The zero-order chi connectivity index (χ0) is 17.7. The van der Waals surface area contributed by atoms with E-state index in [0.29, 0.717) is 4.91 Å². The predicted octanol–water partition coefficient (Wildman–Crippen LogP) is 1.77. The average molecular weight is 362 g/mol. The van der Waals surface area contributed by atoms with Crippen LogP contribution in [-0.4, -0.2) is 38.2 Å². The van der Waals surface area contributed by atoms with Gasteiger partial charge in [-0.05, 0) is 11.6 Å². The number of aliphatic carboxylic acids is 1. The molecule has 8 heteroatoms. The molecule has 1 aromatic carbocycles. The van der Waals surface area contributed by atoms with Crippen LogP contribution in [0.25, 0.3) is 6.08 Å². The van der Waals surface area contributed by atoms with E-state index in [0.717, 1.165) is 22.2 Å². The van der Waals surface area contributed by atoms with E-state index < -0.39 is 30.2 Å². The monoisotopic (exact) mass is 362 g/mol. The van der Waals surface area contributed by atoms with Crippen molar-refractivity contribution < 1.29 is 19.5 Å². The van der Waals surface area contributed by atoms with Crippen LogP contribution in [0, 0.1) is 0 Å². The van der Waals surface area contributed by atoms with E-state index in [-0.39, 0.29) is 4.32 Å². The molecule has 0 spiro atoms. The fraction of sp³-hybridized carbons (Fsp3) is 0.125. The van der Waals surface area contributed by atoms with Gasteiger partial charge in [0.25, 0.3) is 5.91 Å². The molecule has 1 heterocycles. The van der Waals surface area contributed by atoms with Crippen molar-refractivity contribution in [3.63, 3.8) is 0 Å². The van der Waals surface area contributed by atoms with Gasteiger partial charge in [-0.25, -0.2) is 4.79 Å². The zero-order valence-electron chi connectivity index (χ0n) is 12.4. The van der Waals surface area contributed by atoms with Gasteiger partial charge in [0.15, 0.2) is 0 Å². The third-order valence-corrected chi connectivity index (χ3v) is 4.50. The van der Waals surface area contributed by atoms with Crippen LogP contribution in [0.1, 0.15) is 12.0 Å². The molecular weight excluding hydrogens is 348 g/mol. The lowest BCUT2D eigenvalue weighted by Gasteiger charge is -2.21. The highest BCUT2D eigenvalue weighted by molar-refractivity contribution is 8.26. The first-order chi connectivity index (χ1) is 11.4. The second-order valence-electron chi connectivity index (χ2n) is 4.87. The molecule has 1 aliphatic rings. The van der Waals surface area contributed by atoms with E-state index in [1.54, 1.807) is 12.2 Å². The van der Waals surface area contributed by atoms with Gasteiger partial charge in [-0.3, -0.25) is 14.5 Å². The molecule has 6 nitrogen and oxygen atoms in total. The maximum Gasteiger partial charge on any atom is 0.327 e.